The maximum Gasteiger partial charge on any atom is 0.416 e. The van der Waals surface area contributed by atoms with Crippen LogP contribution >= 0.6 is 0 Å². The molecule has 2 amide bonds. The summed E-state index contributed by atoms with van der Waals surface area (Å²) in [5.41, 5.74) is -0.774. The number of methoxy groups -OCH3 is 1. The quantitative estimate of drug-likeness (QED) is 0.893. The van der Waals surface area contributed by atoms with E-state index in [1.807, 2.05) is 6.92 Å². The van der Waals surface area contributed by atoms with E-state index >= 15 is 0 Å². The predicted molar refractivity (Wildman–Crippen MR) is 81.2 cm³/mol. The lowest BCUT2D eigenvalue weighted by molar-refractivity contribution is -0.137. The molecule has 1 aliphatic heterocycles. The third-order valence-corrected chi connectivity index (χ3v) is 3.93. The standard InChI is InChI=1S/C16H19F3N2O3/c1-10(9-24-2)21-8-11(6-14(21)22)15(23)20-13-5-3-4-12(7-13)16(17,18)19/h3-5,7,10-11H,6,8-9H2,1-2H3,(H,20,23). The number of halogens is 3. The topological polar surface area (TPSA) is 58.6 Å². The van der Waals surface area contributed by atoms with E-state index in [9.17, 15) is 22.8 Å². The first-order valence-corrected chi connectivity index (χ1v) is 7.49. The van der Waals surface area contributed by atoms with E-state index < -0.39 is 23.6 Å². The van der Waals surface area contributed by atoms with Crippen molar-refractivity contribution < 1.29 is 27.5 Å². The van der Waals surface area contributed by atoms with Gasteiger partial charge < -0.3 is 15.0 Å². The second-order valence-corrected chi connectivity index (χ2v) is 5.82. The number of hydrogen-bond donors (Lipinski definition) is 1. The van der Waals surface area contributed by atoms with Crippen molar-refractivity contribution in [3.8, 4) is 0 Å². The molecule has 132 valence electrons. The van der Waals surface area contributed by atoms with Crippen molar-refractivity contribution in [2.24, 2.45) is 5.92 Å². The molecule has 2 rings (SSSR count). The zero-order chi connectivity index (χ0) is 17.9. The first-order valence-electron chi connectivity index (χ1n) is 7.49. The monoisotopic (exact) mass is 344 g/mol. The molecule has 2 unspecified atom stereocenters. The molecule has 1 aromatic rings. The molecular weight excluding hydrogens is 325 g/mol. The third-order valence-electron chi connectivity index (χ3n) is 3.93. The van der Waals surface area contributed by atoms with Crippen molar-refractivity contribution in [1.82, 2.24) is 4.90 Å². The Morgan fingerprint density at radius 3 is 2.79 bits per heavy atom. The Morgan fingerprint density at radius 1 is 1.46 bits per heavy atom. The van der Waals surface area contributed by atoms with Crippen molar-refractivity contribution >= 4 is 17.5 Å². The average Bonchev–Trinajstić information content (AvgIpc) is 2.89. The molecule has 5 nitrogen and oxygen atoms in total. The van der Waals surface area contributed by atoms with Crippen LogP contribution in [-0.4, -0.2) is 43.0 Å². The van der Waals surface area contributed by atoms with E-state index in [0.717, 1.165) is 12.1 Å². The average molecular weight is 344 g/mol. The molecule has 1 aromatic carbocycles. The fraction of sp³-hybridized carbons (Fsp3) is 0.500. The summed E-state index contributed by atoms with van der Waals surface area (Å²) in [6.07, 6.45) is -4.44. The number of likely N-dealkylation sites (tertiary alicyclic amines) is 1. The largest absolute Gasteiger partial charge is 0.416 e. The molecular formula is C16H19F3N2O3. The van der Waals surface area contributed by atoms with Crippen LogP contribution in [0.3, 0.4) is 0 Å². The minimum atomic E-state index is -4.48. The molecule has 1 saturated heterocycles. The smallest absolute Gasteiger partial charge is 0.383 e. The number of carbonyl (C=O) groups excluding carboxylic acids is 2. The van der Waals surface area contributed by atoms with Crippen molar-refractivity contribution in [2.75, 3.05) is 25.6 Å². The zero-order valence-electron chi connectivity index (χ0n) is 13.4. The van der Waals surface area contributed by atoms with Crippen molar-refractivity contribution in [3.05, 3.63) is 29.8 Å². The summed E-state index contributed by atoms with van der Waals surface area (Å²) in [4.78, 5) is 25.8. The van der Waals surface area contributed by atoms with Gasteiger partial charge in [-0.25, -0.2) is 0 Å². The van der Waals surface area contributed by atoms with Crippen molar-refractivity contribution in [1.29, 1.82) is 0 Å². The maximum atomic E-state index is 12.7. The number of carbonyl (C=O) groups is 2. The minimum absolute atomic E-state index is 0.0405. The van der Waals surface area contributed by atoms with Gasteiger partial charge in [0.1, 0.15) is 0 Å². The Morgan fingerprint density at radius 2 is 2.17 bits per heavy atom. The van der Waals surface area contributed by atoms with Crippen LogP contribution in [0.2, 0.25) is 0 Å². The number of nitrogens with zero attached hydrogens (tertiary/aromatic N) is 1. The fourth-order valence-corrected chi connectivity index (χ4v) is 2.68. The summed E-state index contributed by atoms with van der Waals surface area (Å²) in [5.74, 6) is -1.22. The van der Waals surface area contributed by atoms with Crippen LogP contribution in [0.25, 0.3) is 0 Å². The molecule has 0 saturated carbocycles. The Bertz CT molecular complexity index is 619. The van der Waals surface area contributed by atoms with Gasteiger partial charge in [-0.15, -0.1) is 0 Å². The molecule has 0 spiro atoms. The van der Waals surface area contributed by atoms with E-state index in [1.165, 1.54) is 19.2 Å². The van der Waals surface area contributed by atoms with Gasteiger partial charge in [0.2, 0.25) is 11.8 Å². The van der Waals surface area contributed by atoms with Crippen LogP contribution in [0, 0.1) is 5.92 Å². The number of nitrogens with one attached hydrogen (secondary N) is 1. The molecule has 0 aromatic heterocycles. The molecule has 8 heteroatoms. The third kappa shape index (κ3) is 4.25. The highest BCUT2D eigenvalue weighted by atomic mass is 19.4. The number of amides is 2. The molecule has 1 fully saturated rings. The summed E-state index contributed by atoms with van der Waals surface area (Å²) in [6.45, 7) is 2.40. The summed E-state index contributed by atoms with van der Waals surface area (Å²) in [5, 5.41) is 2.46. The molecule has 0 radical (unpaired) electrons. The second-order valence-electron chi connectivity index (χ2n) is 5.82. The van der Waals surface area contributed by atoms with Crippen LogP contribution in [0.4, 0.5) is 18.9 Å². The molecule has 1 aliphatic rings. The summed E-state index contributed by atoms with van der Waals surface area (Å²) >= 11 is 0. The van der Waals surface area contributed by atoms with Gasteiger partial charge in [0.15, 0.2) is 0 Å². The lowest BCUT2D eigenvalue weighted by Gasteiger charge is -2.23. The number of rotatable bonds is 5. The van der Waals surface area contributed by atoms with Crippen LogP contribution in [0.1, 0.15) is 18.9 Å². The van der Waals surface area contributed by atoms with E-state index in [4.69, 9.17) is 4.74 Å². The molecule has 0 bridgehead atoms. The number of ether oxygens (including phenoxy) is 1. The molecule has 0 aliphatic carbocycles. The first kappa shape index (κ1) is 18.3. The van der Waals surface area contributed by atoms with Gasteiger partial charge in [-0.05, 0) is 25.1 Å². The van der Waals surface area contributed by atoms with E-state index in [1.54, 1.807) is 4.90 Å². The predicted octanol–water partition coefficient (Wildman–Crippen LogP) is 2.53. The number of benzene rings is 1. The molecule has 24 heavy (non-hydrogen) atoms. The second kappa shape index (κ2) is 7.21. The Labute approximate surface area is 137 Å². The summed E-state index contributed by atoms with van der Waals surface area (Å²) in [7, 11) is 1.52. The lowest BCUT2D eigenvalue weighted by atomic mass is 10.1. The van der Waals surface area contributed by atoms with Crippen molar-refractivity contribution in [3.63, 3.8) is 0 Å². The van der Waals surface area contributed by atoms with Crippen molar-refractivity contribution in [2.45, 2.75) is 25.6 Å². The lowest BCUT2D eigenvalue weighted by Crippen LogP contribution is -2.38. The highest BCUT2D eigenvalue weighted by Gasteiger charge is 2.37. The molecule has 1 N–H and O–H groups in total. The van der Waals surface area contributed by atoms with Gasteiger partial charge in [0.25, 0.3) is 0 Å². The highest BCUT2D eigenvalue weighted by molar-refractivity contribution is 5.97. The Hall–Kier alpha value is -2.09. The van der Waals surface area contributed by atoms with E-state index in [0.29, 0.717) is 6.61 Å². The van der Waals surface area contributed by atoms with Gasteiger partial charge in [-0.3, -0.25) is 9.59 Å². The Kier molecular flexibility index (Phi) is 5.48. The van der Waals surface area contributed by atoms with Gasteiger partial charge in [0.05, 0.1) is 24.1 Å². The highest BCUT2D eigenvalue weighted by Crippen LogP contribution is 2.31. The normalized spacial score (nSPS) is 19.5. The van der Waals surface area contributed by atoms with Gasteiger partial charge in [0, 0.05) is 25.8 Å². The first-order chi connectivity index (χ1) is 11.2. The molecule has 2 atom stereocenters. The number of hydrogen-bond acceptors (Lipinski definition) is 3. The Balaban J connectivity index is 2.02. The van der Waals surface area contributed by atoms with Crippen LogP contribution in [-0.2, 0) is 20.5 Å². The molecule has 1 heterocycles. The van der Waals surface area contributed by atoms with Gasteiger partial charge in [-0.2, -0.15) is 13.2 Å². The van der Waals surface area contributed by atoms with E-state index in [-0.39, 0.29) is 30.6 Å². The maximum absolute atomic E-state index is 12.7. The fourth-order valence-electron chi connectivity index (χ4n) is 2.68. The van der Waals surface area contributed by atoms with Crippen LogP contribution in [0.5, 0.6) is 0 Å². The zero-order valence-corrected chi connectivity index (χ0v) is 13.4. The van der Waals surface area contributed by atoms with Gasteiger partial charge in [-0.1, -0.05) is 6.07 Å². The van der Waals surface area contributed by atoms with Crippen LogP contribution < -0.4 is 5.32 Å². The van der Waals surface area contributed by atoms with Gasteiger partial charge >= 0.3 is 6.18 Å². The van der Waals surface area contributed by atoms with E-state index in [2.05, 4.69) is 5.32 Å². The summed E-state index contributed by atoms with van der Waals surface area (Å²) < 4.78 is 43.1. The number of anilines is 1. The SMILES string of the molecule is COCC(C)N1CC(C(=O)Nc2cccc(C(F)(F)F)c2)CC1=O. The van der Waals surface area contributed by atoms with Crippen LogP contribution in [0.15, 0.2) is 24.3 Å². The minimum Gasteiger partial charge on any atom is -0.383 e. The summed E-state index contributed by atoms with van der Waals surface area (Å²) in [6, 6.07) is 4.26. The number of alkyl halides is 3.